The van der Waals surface area contributed by atoms with Gasteiger partial charge in [0, 0.05) is 41.9 Å². The number of hydrogen-bond donors (Lipinski definition) is 3. The minimum Gasteiger partial charge on any atom is -0.378 e. The van der Waals surface area contributed by atoms with Gasteiger partial charge in [0.15, 0.2) is 0 Å². The van der Waals surface area contributed by atoms with Crippen molar-refractivity contribution in [3.8, 4) is 11.3 Å². The lowest BCUT2D eigenvalue weighted by molar-refractivity contribution is -0.117. The van der Waals surface area contributed by atoms with E-state index in [-0.39, 0.29) is 5.91 Å². The van der Waals surface area contributed by atoms with Gasteiger partial charge in [-0.15, -0.1) is 0 Å². The van der Waals surface area contributed by atoms with Gasteiger partial charge in [-0.3, -0.25) is 4.79 Å². The average molecular weight is 419 g/mol. The fraction of sp³-hybridized carbons (Fsp3) is 0.261. The zero-order valence-electron chi connectivity index (χ0n) is 17.4. The van der Waals surface area contributed by atoms with Crippen LogP contribution in [0.5, 0.6) is 0 Å². The molecule has 1 unspecified atom stereocenters. The van der Waals surface area contributed by atoms with Crippen molar-refractivity contribution >= 4 is 28.9 Å². The Labute approximate surface area is 181 Å². The first-order chi connectivity index (χ1) is 15.1. The van der Waals surface area contributed by atoms with Crippen molar-refractivity contribution in [1.29, 1.82) is 0 Å². The third kappa shape index (κ3) is 5.36. The summed E-state index contributed by atoms with van der Waals surface area (Å²) in [6.07, 6.45) is 1.72. The second kappa shape index (κ2) is 9.55. The molecule has 1 atom stereocenters. The van der Waals surface area contributed by atoms with E-state index in [9.17, 15) is 4.79 Å². The van der Waals surface area contributed by atoms with Crippen LogP contribution in [-0.2, 0) is 9.53 Å². The standard InChI is InChI=1S/C23H26N6O2/c1-16(24)22(30)26-18-4-2-17(3-5-18)21-10-11-25-23(28-21)27-19-6-8-20(9-7-19)29-12-14-31-15-13-29/h2-11,16H,12-15,24H2,1H3,(H,26,30)(H,25,27,28). The van der Waals surface area contributed by atoms with Gasteiger partial charge in [0.1, 0.15) is 0 Å². The Hall–Kier alpha value is -3.49. The van der Waals surface area contributed by atoms with Crippen molar-refractivity contribution in [3.63, 3.8) is 0 Å². The van der Waals surface area contributed by atoms with Gasteiger partial charge in [0.25, 0.3) is 0 Å². The predicted molar refractivity (Wildman–Crippen MR) is 123 cm³/mol. The van der Waals surface area contributed by atoms with Gasteiger partial charge in [0.2, 0.25) is 11.9 Å². The first-order valence-electron chi connectivity index (χ1n) is 10.3. The van der Waals surface area contributed by atoms with Crippen molar-refractivity contribution in [2.24, 2.45) is 5.73 Å². The largest absolute Gasteiger partial charge is 0.378 e. The van der Waals surface area contributed by atoms with Crippen LogP contribution < -0.4 is 21.3 Å². The first-order valence-corrected chi connectivity index (χ1v) is 10.3. The van der Waals surface area contributed by atoms with Crippen molar-refractivity contribution in [1.82, 2.24) is 9.97 Å². The number of nitrogens with two attached hydrogens (primary N) is 1. The molecule has 2 heterocycles. The summed E-state index contributed by atoms with van der Waals surface area (Å²) in [5, 5.41) is 6.03. The number of morpholine rings is 1. The lowest BCUT2D eigenvalue weighted by atomic mass is 10.1. The molecule has 8 heteroatoms. The summed E-state index contributed by atoms with van der Waals surface area (Å²) >= 11 is 0. The molecular weight excluding hydrogens is 392 g/mol. The van der Waals surface area contributed by atoms with Crippen LogP contribution in [0.25, 0.3) is 11.3 Å². The monoisotopic (exact) mass is 418 g/mol. The van der Waals surface area contributed by atoms with Gasteiger partial charge in [-0.25, -0.2) is 9.97 Å². The second-order valence-electron chi connectivity index (χ2n) is 7.39. The van der Waals surface area contributed by atoms with E-state index in [1.807, 2.05) is 42.5 Å². The molecular formula is C23H26N6O2. The van der Waals surface area contributed by atoms with Crippen molar-refractivity contribution in [2.75, 3.05) is 41.8 Å². The molecule has 1 fully saturated rings. The molecule has 2 aromatic carbocycles. The highest BCUT2D eigenvalue weighted by molar-refractivity contribution is 5.94. The van der Waals surface area contributed by atoms with E-state index in [1.165, 1.54) is 5.69 Å². The summed E-state index contributed by atoms with van der Waals surface area (Å²) < 4.78 is 5.41. The Morgan fingerprint density at radius 3 is 2.39 bits per heavy atom. The summed E-state index contributed by atoms with van der Waals surface area (Å²) in [5.41, 5.74) is 10.1. The number of ether oxygens (including phenoxy) is 1. The fourth-order valence-electron chi connectivity index (χ4n) is 3.27. The van der Waals surface area contributed by atoms with Crippen LogP contribution in [-0.4, -0.2) is 48.2 Å². The third-order valence-corrected chi connectivity index (χ3v) is 5.02. The highest BCUT2D eigenvalue weighted by atomic mass is 16.5. The quantitative estimate of drug-likeness (QED) is 0.565. The molecule has 1 aliphatic heterocycles. The summed E-state index contributed by atoms with van der Waals surface area (Å²) in [5.74, 6) is 0.298. The van der Waals surface area contributed by atoms with E-state index < -0.39 is 6.04 Å². The molecule has 1 saturated heterocycles. The van der Waals surface area contributed by atoms with Crippen LogP contribution in [0.15, 0.2) is 60.8 Å². The molecule has 1 aliphatic rings. The molecule has 31 heavy (non-hydrogen) atoms. The molecule has 1 aromatic heterocycles. The summed E-state index contributed by atoms with van der Waals surface area (Å²) in [4.78, 5) is 23.0. The molecule has 0 bridgehead atoms. The molecule has 4 N–H and O–H groups in total. The second-order valence-corrected chi connectivity index (χ2v) is 7.39. The summed E-state index contributed by atoms with van der Waals surface area (Å²) in [6, 6.07) is 17.0. The number of nitrogens with zero attached hydrogens (tertiary/aromatic N) is 3. The van der Waals surface area contributed by atoms with E-state index in [1.54, 1.807) is 13.1 Å². The normalized spacial score (nSPS) is 14.7. The van der Waals surface area contributed by atoms with E-state index in [2.05, 4.69) is 37.6 Å². The maximum absolute atomic E-state index is 11.7. The van der Waals surface area contributed by atoms with Crippen LogP contribution in [0.3, 0.4) is 0 Å². The zero-order valence-corrected chi connectivity index (χ0v) is 17.4. The molecule has 8 nitrogen and oxygen atoms in total. The number of rotatable bonds is 6. The molecule has 160 valence electrons. The Morgan fingerprint density at radius 2 is 1.71 bits per heavy atom. The molecule has 0 spiro atoms. The van der Waals surface area contributed by atoms with Crippen LogP contribution in [0.2, 0.25) is 0 Å². The number of hydrogen-bond acceptors (Lipinski definition) is 7. The number of carbonyl (C=O) groups excluding carboxylic acids is 1. The number of aromatic nitrogens is 2. The predicted octanol–water partition coefficient (Wildman–Crippen LogP) is 3.01. The van der Waals surface area contributed by atoms with Crippen molar-refractivity contribution < 1.29 is 9.53 Å². The van der Waals surface area contributed by atoms with Gasteiger partial charge in [0.05, 0.1) is 24.9 Å². The maximum atomic E-state index is 11.7. The Balaban J connectivity index is 1.43. The van der Waals surface area contributed by atoms with Crippen molar-refractivity contribution in [3.05, 3.63) is 60.8 Å². The minimum absolute atomic E-state index is 0.221. The highest BCUT2D eigenvalue weighted by Gasteiger charge is 2.11. The van der Waals surface area contributed by atoms with Gasteiger partial charge in [-0.2, -0.15) is 0 Å². The van der Waals surface area contributed by atoms with E-state index in [4.69, 9.17) is 10.5 Å². The van der Waals surface area contributed by atoms with Gasteiger partial charge < -0.3 is 26.0 Å². The van der Waals surface area contributed by atoms with Crippen LogP contribution in [0.4, 0.5) is 23.0 Å². The molecule has 0 aliphatic carbocycles. The van der Waals surface area contributed by atoms with Crippen LogP contribution in [0, 0.1) is 0 Å². The molecule has 0 saturated carbocycles. The SMILES string of the molecule is CC(N)C(=O)Nc1ccc(-c2ccnc(Nc3ccc(N4CCOCC4)cc3)n2)cc1. The minimum atomic E-state index is -0.557. The summed E-state index contributed by atoms with van der Waals surface area (Å²) in [7, 11) is 0. The van der Waals surface area contributed by atoms with Crippen molar-refractivity contribution in [2.45, 2.75) is 13.0 Å². The summed E-state index contributed by atoms with van der Waals surface area (Å²) in [6.45, 7) is 4.99. The lowest BCUT2D eigenvalue weighted by Crippen LogP contribution is -2.36. The smallest absolute Gasteiger partial charge is 0.240 e. The number of nitrogens with one attached hydrogen (secondary N) is 2. The Kier molecular flexibility index (Phi) is 6.40. The fourth-order valence-corrected chi connectivity index (χ4v) is 3.27. The maximum Gasteiger partial charge on any atom is 0.240 e. The third-order valence-electron chi connectivity index (χ3n) is 5.02. The van der Waals surface area contributed by atoms with E-state index in [0.29, 0.717) is 11.6 Å². The topological polar surface area (TPSA) is 105 Å². The highest BCUT2D eigenvalue weighted by Crippen LogP contribution is 2.23. The number of carbonyl (C=O) groups is 1. The Morgan fingerprint density at radius 1 is 1.03 bits per heavy atom. The lowest BCUT2D eigenvalue weighted by Gasteiger charge is -2.28. The molecule has 3 aromatic rings. The van der Waals surface area contributed by atoms with Crippen LogP contribution >= 0.6 is 0 Å². The average Bonchev–Trinajstić information content (AvgIpc) is 2.81. The van der Waals surface area contributed by atoms with E-state index in [0.717, 1.165) is 43.2 Å². The van der Waals surface area contributed by atoms with Gasteiger partial charge in [-0.1, -0.05) is 12.1 Å². The molecule has 4 rings (SSSR count). The number of benzene rings is 2. The van der Waals surface area contributed by atoms with Gasteiger partial charge in [-0.05, 0) is 49.4 Å². The Bertz CT molecular complexity index is 1010. The zero-order chi connectivity index (χ0) is 21.6. The first kappa shape index (κ1) is 20.8. The number of anilines is 4. The molecule has 0 radical (unpaired) electrons. The van der Waals surface area contributed by atoms with Gasteiger partial charge >= 0.3 is 0 Å². The van der Waals surface area contributed by atoms with E-state index >= 15 is 0 Å². The molecule has 1 amide bonds. The van der Waals surface area contributed by atoms with Crippen LogP contribution in [0.1, 0.15) is 6.92 Å². The number of amides is 1.